The van der Waals surface area contributed by atoms with E-state index in [1.165, 1.54) is 6.20 Å². The molecule has 6 nitrogen and oxygen atoms in total. The fourth-order valence-electron chi connectivity index (χ4n) is 4.21. The number of hydrogen-bond donors (Lipinski definition) is 0. The molecule has 3 heterocycles. The van der Waals surface area contributed by atoms with E-state index >= 15 is 0 Å². The van der Waals surface area contributed by atoms with Gasteiger partial charge in [-0.25, -0.2) is 8.42 Å². The summed E-state index contributed by atoms with van der Waals surface area (Å²) in [6.07, 6.45) is 2.90. The Morgan fingerprint density at radius 3 is 2.28 bits per heavy atom. The predicted octanol–water partition coefficient (Wildman–Crippen LogP) is 3.41. The number of hydrogen-bond acceptors (Lipinski definition) is 6. The Morgan fingerprint density at radius 2 is 1.55 bits per heavy atom. The number of benzene rings is 2. The summed E-state index contributed by atoms with van der Waals surface area (Å²) in [7, 11) is -3.70. The van der Waals surface area contributed by atoms with Crippen LogP contribution in [-0.2, 0) is 19.3 Å². The van der Waals surface area contributed by atoms with Crippen molar-refractivity contribution >= 4 is 26.4 Å². The van der Waals surface area contributed by atoms with Gasteiger partial charge in [-0.2, -0.15) is 0 Å². The molecule has 1 aromatic heterocycles. The van der Waals surface area contributed by atoms with Crippen LogP contribution >= 0.6 is 0 Å². The SMILES string of the molecule is O=S(=O)(c1ccccc1)c1cnc2ccccc2c1N1CCC2(CC1)OCCO2. The van der Waals surface area contributed by atoms with Crippen molar-refractivity contribution in [3.8, 4) is 0 Å². The van der Waals surface area contributed by atoms with Crippen LogP contribution in [0.5, 0.6) is 0 Å². The summed E-state index contributed by atoms with van der Waals surface area (Å²) in [6.45, 7) is 2.55. The average Bonchev–Trinajstić information content (AvgIpc) is 3.22. The maximum absolute atomic E-state index is 13.5. The zero-order valence-electron chi connectivity index (χ0n) is 16.0. The number of piperidine rings is 1. The van der Waals surface area contributed by atoms with Gasteiger partial charge in [0, 0.05) is 37.5 Å². The molecule has 5 rings (SSSR count). The highest BCUT2D eigenvalue weighted by molar-refractivity contribution is 7.91. The standard InChI is InChI=1S/C22H22N2O4S/c25-29(26,17-6-2-1-3-7-17)20-16-23-19-9-5-4-8-18(19)21(20)24-12-10-22(11-13-24)27-14-15-28-22/h1-9,16H,10-15H2. The Labute approximate surface area is 170 Å². The Kier molecular flexibility index (Phi) is 4.53. The Hall–Kier alpha value is -2.48. The van der Waals surface area contributed by atoms with Crippen molar-refractivity contribution in [1.82, 2.24) is 4.98 Å². The minimum absolute atomic E-state index is 0.242. The van der Waals surface area contributed by atoms with E-state index in [0.717, 1.165) is 10.9 Å². The van der Waals surface area contributed by atoms with E-state index < -0.39 is 15.6 Å². The predicted molar refractivity (Wildman–Crippen MR) is 110 cm³/mol. The second kappa shape index (κ2) is 7.09. The van der Waals surface area contributed by atoms with Gasteiger partial charge in [-0.3, -0.25) is 4.98 Å². The lowest BCUT2D eigenvalue weighted by Gasteiger charge is -2.39. The Balaban J connectivity index is 1.62. The van der Waals surface area contributed by atoms with Crippen LogP contribution in [0.4, 0.5) is 5.69 Å². The van der Waals surface area contributed by atoms with Gasteiger partial charge in [0.05, 0.1) is 29.3 Å². The fraction of sp³-hybridized carbons (Fsp3) is 0.318. The van der Waals surface area contributed by atoms with Crippen molar-refractivity contribution in [3.63, 3.8) is 0 Å². The molecule has 0 unspecified atom stereocenters. The fourth-order valence-corrected chi connectivity index (χ4v) is 5.67. The third kappa shape index (κ3) is 3.19. The lowest BCUT2D eigenvalue weighted by atomic mass is 10.0. The highest BCUT2D eigenvalue weighted by Crippen LogP contribution is 2.39. The molecule has 2 saturated heterocycles. The zero-order valence-corrected chi connectivity index (χ0v) is 16.8. The maximum Gasteiger partial charge on any atom is 0.210 e. The number of rotatable bonds is 3. The highest BCUT2D eigenvalue weighted by atomic mass is 32.2. The highest BCUT2D eigenvalue weighted by Gasteiger charge is 2.41. The summed E-state index contributed by atoms with van der Waals surface area (Å²) in [4.78, 5) is 7.09. The van der Waals surface area contributed by atoms with E-state index in [0.29, 0.717) is 44.8 Å². The second-order valence-corrected chi connectivity index (χ2v) is 9.32. The van der Waals surface area contributed by atoms with E-state index in [1.54, 1.807) is 24.3 Å². The van der Waals surface area contributed by atoms with Crippen LogP contribution in [0.3, 0.4) is 0 Å². The van der Waals surface area contributed by atoms with Crippen LogP contribution < -0.4 is 4.90 Å². The van der Waals surface area contributed by atoms with Crippen LogP contribution in [0.2, 0.25) is 0 Å². The van der Waals surface area contributed by atoms with Gasteiger partial charge in [0.25, 0.3) is 0 Å². The number of fused-ring (bicyclic) bond motifs is 1. The van der Waals surface area contributed by atoms with Crippen LogP contribution in [0, 0.1) is 0 Å². The summed E-state index contributed by atoms with van der Waals surface area (Å²) in [5.74, 6) is -0.516. The monoisotopic (exact) mass is 410 g/mol. The lowest BCUT2D eigenvalue weighted by molar-refractivity contribution is -0.169. The molecule has 2 aliphatic rings. The molecule has 0 N–H and O–H groups in total. The Morgan fingerprint density at radius 1 is 0.897 bits per heavy atom. The molecular weight excluding hydrogens is 388 g/mol. The molecule has 0 aliphatic carbocycles. The summed E-state index contributed by atoms with van der Waals surface area (Å²) < 4.78 is 38.6. The van der Waals surface area contributed by atoms with Gasteiger partial charge in [0.1, 0.15) is 4.90 Å². The molecule has 150 valence electrons. The van der Waals surface area contributed by atoms with Gasteiger partial charge >= 0.3 is 0 Å². The molecule has 2 aliphatic heterocycles. The zero-order chi connectivity index (χ0) is 19.9. The summed E-state index contributed by atoms with van der Waals surface area (Å²) in [5, 5.41) is 0.841. The first kappa shape index (κ1) is 18.5. The molecule has 2 aromatic carbocycles. The van der Waals surface area contributed by atoms with Gasteiger partial charge in [0.2, 0.25) is 9.84 Å². The molecule has 0 atom stereocenters. The minimum Gasteiger partial charge on any atom is -0.369 e. The van der Waals surface area contributed by atoms with Gasteiger partial charge < -0.3 is 14.4 Å². The number of para-hydroxylation sites is 1. The summed E-state index contributed by atoms with van der Waals surface area (Å²) >= 11 is 0. The molecule has 0 radical (unpaired) electrons. The molecule has 0 amide bonds. The number of anilines is 1. The van der Waals surface area contributed by atoms with E-state index in [4.69, 9.17) is 9.47 Å². The quantitative estimate of drug-likeness (QED) is 0.659. The van der Waals surface area contributed by atoms with E-state index in [-0.39, 0.29) is 9.79 Å². The molecule has 7 heteroatoms. The van der Waals surface area contributed by atoms with E-state index in [2.05, 4.69) is 9.88 Å². The molecule has 0 saturated carbocycles. The Bertz CT molecular complexity index is 1130. The number of sulfone groups is 1. The van der Waals surface area contributed by atoms with Gasteiger partial charge in [-0.1, -0.05) is 36.4 Å². The van der Waals surface area contributed by atoms with Crippen LogP contribution in [0.25, 0.3) is 10.9 Å². The maximum atomic E-state index is 13.5. The van der Waals surface area contributed by atoms with Gasteiger partial charge in [-0.15, -0.1) is 0 Å². The minimum atomic E-state index is -3.70. The average molecular weight is 410 g/mol. The molecule has 0 bridgehead atoms. The topological polar surface area (TPSA) is 68.7 Å². The van der Waals surface area contributed by atoms with Crippen molar-refractivity contribution in [2.24, 2.45) is 0 Å². The van der Waals surface area contributed by atoms with Crippen LogP contribution in [0.1, 0.15) is 12.8 Å². The van der Waals surface area contributed by atoms with Crippen LogP contribution in [-0.4, -0.2) is 45.5 Å². The van der Waals surface area contributed by atoms with Crippen molar-refractivity contribution in [1.29, 1.82) is 0 Å². The first-order chi connectivity index (χ1) is 14.1. The lowest BCUT2D eigenvalue weighted by Crippen LogP contribution is -2.45. The van der Waals surface area contributed by atoms with Crippen molar-refractivity contribution < 1.29 is 17.9 Å². The third-order valence-corrected chi connectivity index (χ3v) is 7.48. The normalized spacial score (nSPS) is 19.1. The van der Waals surface area contributed by atoms with E-state index in [1.807, 2.05) is 30.3 Å². The first-order valence-corrected chi connectivity index (χ1v) is 11.3. The summed E-state index contributed by atoms with van der Waals surface area (Å²) in [6, 6.07) is 16.2. The second-order valence-electron chi connectivity index (χ2n) is 7.40. The van der Waals surface area contributed by atoms with Crippen molar-refractivity contribution in [3.05, 3.63) is 60.8 Å². The molecular formula is C22H22N2O4S. The summed E-state index contributed by atoms with van der Waals surface area (Å²) in [5.41, 5.74) is 1.50. The number of ether oxygens (including phenoxy) is 2. The van der Waals surface area contributed by atoms with Gasteiger partial charge in [-0.05, 0) is 18.2 Å². The number of nitrogens with zero attached hydrogens (tertiary/aromatic N) is 2. The van der Waals surface area contributed by atoms with Gasteiger partial charge in [0.15, 0.2) is 5.79 Å². The largest absolute Gasteiger partial charge is 0.369 e. The molecule has 29 heavy (non-hydrogen) atoms. The molecule has 3 aromatic rings. The van der Waals surface area contributed by atoms with E-state index in [9.17, 15) is 8.42 Å². The molecule has 1 spiro atoms. The number of aromatic nitrogens is 1. The first-order valence-electron chi connectivity index (χ1n) is 9.80. The smallest absolute Gasteiger partial charge is 0.210 e. The van der Waals surface area contributed by atoms with Crippen molar-refractivity contribution in [2.45, 2.75) is 28.4 Å². The van der Waals surface area contributed by atoms with Crippen LogP contribution in [0.15, 0.2) is 70.6 Å². The number of pyridine rings is 1. The van der Waals surface area contributed by atoms with Crippen molar-refractivity contribution in [2.75, 3.05) is 31.2 Å². The third-order valence-electron chi connectivity index (χ3n) is 5.71. The molecule has 2 fully saturated rings.